The van der Waals surface area contributed by atoms with E-state index in [1.54, 1.807) is 26.4 Å². The van der Waals surface area contributed by atoms with Gasteiger partial charge < -0.3 is 14.0 Å². The van der Waals surface area contributed by atoms with Crippen LogP contribution in [-0.2, 0) is 6.54 Å². The van der Waals surface area contributed by atoms with Crippen LogP contribution in [0.3, 0.4) is 0 Å². The smallest absolute Gasteiger partial charge is 0.282 e. The van der Waals surface area contributed by atoms with Gasteiger partial charge in [-0.05, 0) is 18.6 Å². The van der Waals surface area contributed by atoms with E-state index >= 15 is 0 Å². The average molecular weight is 374 g/mol. The average Bonchev–Trinajstić information content (AvgIpc) is 2.97. The van der Waals surface area contributed by atoms with Crippen molar-refractivity contribution in [2.45, 2.75) is 19.9 Å². The number of amides is 1. The normalized spacial score (nSPS) is 11.8. The van der Waals surface area contributed by atoms with Crippen molar-refractivity contribution in [2.75, 3.05) is 14.2 Å². The van der Waals surface area contributed by atoms with Crippen LogP contribution in [0.15, 0.2) is 41.4 Å². The molecule has 1 heterocycles. The van der Waals surface area contributed by atoms with Gasteiger partial charge in [0.25, 0.3) is 5.91 Å². The first-order valence-corrected chi connectivity index (χ1v) is 8.99. The van der Waals surface area contributed by atoms with E-state index in [2.05, 4.69) is 4.99 Å². The van der Waals surface area contributed by atoms with Crippen molar-refractivity contribution >= 4 is 27.5 Å². The number of rotatable bonds is 5. The molecule has 2 aromatic carbocycles. The Morgan fingerprint density at radius 3 is 2.54 bits per heavy atom. The van der Waals surface area contributed by atoms with Gasteiger partial charge in [-0.15, -0.1) is 0 Å². The number of fused-ring (bicyclic) bond motifs is 1. The van der Waals surface area contributed by atoms with Crippen LogP contribution in [0, 0.1) is 5.82 Å². The lowest BCUT2D eigenvalue weighted by Gasteiger charge is -2.08. The number of hydrogen-bond donors (Lipinski definition) is 0. The number of aryl methyl sites for hydroxylation is 1. The monoisotopic (exact) mass is 374 g/mol. The molecule has 136 valence electrons. The topological polar surface area (TPSA) is 52.8 Å². The highest BCUT2D eigenvalue weighted by Crippen LogP contribution is 2.33. The highest BCUT2D eigenvalue weighted by molar-refractivity contribution is 7.16. The summed E-state index contributed by atoms with van der Waals surface area (Å²) in [6.07, 6.45) is 0.862. The van der Waals surface area contributed by atoms with Crippen molar-refractivity contribution in [3.63, 3.8) is 0 Å². The van der Waals surface area contributed by atoms with Gasteiger partial charge in [0.2, 0.25) is 0 Å². The summed E-state index contributed by atoms with van der Waals surface area (Å²) >= 11 is 1.36. The van der Waals surface area contributed by atoms with Crippen molar-refractivity contribution in [3.05, 3.63) is 52.6 Å². The van der Waals surface area contributed by atoms with Crippen LogP contribution < -0.4 is 14.3 Å². The Hall–Kier alpha value is -2.67. The summed E-state index contributed by atoms with van der Waals surface area (Å²) in [5, 5.41) is 0. The van der Waals surface area contributed by atoms with Crippen molar-refractivity contribution in [1.29, 1.82) is 0 Å². The number of methoxy groups -OCH3 is 2. The number of ether oxygens (including phenoxy) is 2. The van der Waals surface area contributed by atoms with E-state index in [0.717, 1.165) is 16.6 Å². The Morgan fingerprint density at radius 2 is 1.88 bits per heavy atom. The number of carbonyl (C=O) groups is 1. The zero-order valence-corrected chi connectivity index (χ0v) is 15.6. The molecule has 0 bridgehead atoms. The van der Waals surface area contributed by atoms with Gasteiger partial charge in [-0.1, -0.05) is 30.4 Å². The summed E-state index contributed by atoms with van der Waals surface area (Å²) in [6.45, 7) is 2.72. The molecule has 0 aliphatic rings. The molecule has 0 radical (unpaired) electrons. The minimum Gasteiger partial charge on any atom is -0.493 e. The number of aromatic nitrogens is 1. The lowest BCUT2D eigenvalue weighted by molar-refractivity contribution is 0.0994. The van der Waals surface area contributed by atoms with Crippen LogP contribution >= 0.6 is 11.3 Å². The molecule has 0 fully saturated rings. The molecule has 0 saturated carbocycles. The van der Waals surface area contributed by atoms with Gasteiger partial charge in [-0.3, -0.25) is 4.79 Å². The van der Waals surface area contributed by atoms with Crippen LogP contribution in [0.1, 0.15) is 23.7 Å². The van der Waals surface area contributed by atoms with Gasteiger partial charge in [0.05, 0.1) is 30.0 Å². The third-order valence-corrected chi connectivity index (χ3v) is 4.98. The van der Waals surface area contributed by atoms with Crippen LogP contribution in [-0.4, -0.2) is 24.7 Å². The Bertz CT molecular complexity index is 1020. The lowest BCUT2D eigenvalue weighted by atomic mass is 10.2. The van der Waals surface area contributed by atoms with Crippen LogP contribution in [0.5, 0.6) is 11.5 Å². The molecule has 0 aliphatic carbocycles. The van der Waals surface area contributed by atoms with Crippen LogP contribution in [0.4, 0.5) is 4.39 Å². The minimum absolute atomic E-state index is 0.0387. The number of nitrogens with zero attached hydrogens (tertiary/aromatic N) is 2. The molecule has 0 spiro atoms. The molecule has 0 N–H and O–H groups in total. The second-order valence-corrected chi connectivity index (χ2v) is 6.62. The minimum atomic E-state index is -0.599. The molecule has 0 aliphatic heterocycles. The largest absolute Gasteiger partial charge is 0.493 e. The van der Waals surface area contributed by atoms with E-state index in [1.165, 1.54) is 23.5 Å². The summed E-state index contributed by atoms with van der Waals surface area (Å²) in [4.78, 5) is 17.1. The van der Waals surface area contributed by atoms with Crippen molar-refractivity contribution in [2.24, 2.45) is 4.99 Å². The molecule has 1 amide bonds. The van der Waals surface area contributed by atoms with Crippen LogP contribution in [0.25, 0.3) is 10.2 Å². The van der Waals surface area contributed by atoms with Crippen LogP contribution in [0.2, 0.25) is 0 Å². The van der Waals surface area contributed by atoms with Gasteiger partial charge in [-0.2, -0.15) is 4.99 Å². The van der Waals surface area contributed by atoms with E-state index in [0.29, 0.717) is 22.8 Å². The predicted octanol–water partition coefficient (Wildman–Crippen LogP) is 4.01. The maximum Gasteiger partial charge on any atom is 0.282 e. The van der Waals surface area contributed by atoms with E-state index in [1.807, 2.05) is 23.6 Å². The SMILES string of the molecule is CCCn1c(=NC(=O)c2ccccc2F)sc2cc(OC)c(OC)cc21. The quantitative estimate of drug-likeness (QED) is 0.678. The highest BCUT2D eigenvalue weighted by atomic mass is 32.1. The number of halogens is 1. The Kier molecular flexibility index (Phi) is 5.37. The van der Waals surface area contributed by atoms with E-state index < -0.39 is 11.7 Å². The standard InChI is InChI=1S/C19H19FN2O3S/c1-4-9-22-14-10-15(24-2)16(25-3)11-17(14)26-19(22)21-18(23)12-7-5-6-8-13(12)20/h5-8,10-11H,4,9H2,1-3H3. The van der Waals surface area contributed by atoms with Gasteiger partial charge in [0.15, 0.2) is 16.3 Å². The molecule has 3 aromatic rings. The molecule has 26 heavy (non-hydrogen) atoms. The summed E-state index contributed by atoms with van der Waals surface area (Å²) in [6, 6.07) is 9.58. The number of hydrogen-bond acceptors (Lipinski definition) is 4. The third-order valence-electron chi connectivity index (χ3n) is 3.94. The Morgan fingerprint density at radius 1 is 1.19 bits per heavy atom. The van der Waals surface area contributed by atoms with Gasteiger partial charge >= 0.3 is 0 Å². The summed E-state index contributed by atoms with van der Waals surface area (Å²) in [7, 11) is 3.15. The molecule has 5 nitrogen and oxygen atoms in total. The molecule has 7 heteroatoms. The molecular weight excluding hydrogens is 355 g/mol. The maximum atomic E-state index is 13.9. The fourth-order valence-corrected chi connectivity index (χ4v) is 3.77. The molecule has 0 saturated heterocycles. The Balaban J connectivity index is 2.20. The van der Waals surface area contributed by atoms with Crippen molar-refractivity contribution < 1.29 is 18.7 Å². The molecule has 1 aromatic heterocycles. The zero-order valence-electron chi connectivity index (χ0n) is 14.8. The number of carbonyl (C=O) groups excluding carboxylic acids is 1. The lowest BCUT2D eigenvalue weighted by Crippen LogP contribution is -2.17. The fourth-order valence-electron chi connectivity index (χ4n) is 2.70. The first kappa shape index (κ1) is 18.1. The zero-order chi connectivity index (χ0) is 18.7. The predicted molar refractivity (Wildman–Crippen MR) is 99.5 cm³/mol. The van der Waals surface area contributed by atoms with E-state index in [9.17, 15) is 9.18 Å². The second-order valence-electron chi connectivity index (χ2n) is 5.61. The molecule has 3 rings (SSSR count). The van der Waals surface area contributed by atoms with Gasteiger partial charge in [-0.25, -0.2) is 4.39 Å². The van der Waals surface area contributed by atoms with Crippen molar-refractivity contribution in [3.8, 4) is 11.5 Å². The maximum absolute atomic E-state index is 13.9. The third kappa shape index (κ3) is 3.35. The summed E-state index contributed by atoms with van der Waals surface area (Å²) in [5.74, 6) is 0.0395. The highest BCUT2D eigenvalue weighted by Gasteiger charge is 2.14. The first-order chi connectivity index (χ1) is 12.6. The number of benzene rings is 2. The summed E-state index contributed by atoms with van der Waals surface area (Å²) in [5.41, 5.74) is 0.859. The van der Waals surface area contributed by atoms with Gasteiger partial charge in [0.1, 0.15) is 5.82 Å². The first-order valence-electron chi connectivity index (χ1n) is 8.18. The molecular formula is C19H19FN2O3S. The summed E-state index contributed by atoms with van der Waals surface area (Å²) < 4.78 is 27.5. The van der Waals surface area contributed by atoms with Gasteiger partial charge in [0, 0.05) is 18.7 Å². The van der Waals surface area contributed by atoms with Crippen molar-refractivity contribution in [1.82, 2.24) is 4.57 Å². The molecule has 0 unspecified atom stereocenters. The Labute approximate surface area is 154 Å². The number of thiazole rings is 1. The van der Waals surface area contributed by atoms with E-state index in [4.69, 9.17) is 9.47 Å². The second kappa shape index (κ2) is 7.70. The molecule has 0 atom stereocenters. The van der Waals surface area contributed by atoms with E-state index in [-0.39, 0.29) is 5.56 Å². The fraction of sp³-hybridized carbons (Fsp3) is 0.263.